The lowest BCUT2D eigenvalue weighted by Gasteiger charge is -2.37. The molecule has 0 unspecified atom stereocenters. The van der Waals surface area contributed by atoms with Crippen molar-refractivity contribution < 1.29 is 9.90 Å². The van der Waals surface area contributed by atoms with Crippen molar-refractivity contribution in [2.45, 2.75) is 51.2 Å². The minimum absolute atomic E-state index is 0.0809. The lowest BCUT2D eigenvalue weighted by Crippen LogP contribution is -2.50. The number of rotatable bonds is 6. The topological polar surface area (TPSA) is 43.8 Å². The second kappa shape index (κ2) is 8.30. The predicted molar refractivity (Wildman–Crippen MR) is 90.0 cm³/mol. The molecule has 4 nitrogen and oxygen atoms in total. The van der Waals surface area contributed by atoms with E-state index in [0.29, 0.717) is 6.54 Å². The molecule has 122 valence electrons. The lowest BCUT2D eigenvalue weighted by atomic mass is 9.91. The summed E-state index contributed by atoms with van der Waals surface area (Å²) in [6.45, 7) is 3.35. The molecule has 1 aromatic carbocycles. The van der Waals surface area contributed by atoms with Gasteiger partial charge in [-0.05, 0) is 37.9 Å². The summed E-state index contributed by atoms with van der Waals surface area (Å²) in [6, 6.07) is 9.84. The molecule has 2 atom stereocenters. The predicted octanol–water partition coefficient (Wildman–Crippen LogP) is 2.66. The van der Waals surface area contributed by atoms with Gasteiger partial charge in [-0.15, -0.1) is 0 Å². The average molecular weight is 304 g/mol. The summed E-state index contributed by atoms with van der Waals surface area (Å²) in [6.07, 6.45) is 4.78. The molecular formula is C18H28N2O2. The highest BCUT2D eigenvalue weighted by Crippen LogP contribution is 2.24. The van der Waals surface area contributed by atoms with Crippen molar-refractivity contribution in [2.24, 2.45) is 0 Å². The van der Waals surface area contributed by atoms with E-state index in [1.54, 1.807) is 4.90 Å². The highest BCUT2D eigenvalue weighted by molar-refractivity contribution is 5.94. The van der Waals surface area contributed by atoms with Gasteiger partial charge in [-0.1, -0.05) is 38.0 Å². The van der Waals surface area contributed by atoms with Crippen LogP contribution in [-0.2, 0) is 4.79 Å². The number of aliphatic hydroxyl groups excluding tert-OH is 1. The number of carbonyl (C=O) groups is 1. The fourth-order valence-corrected chi connectivity index (χ4v) is 3.24. The molecule has 1 aliphatic carbocycles. The molecule has 1 fully saturated rings. The number of benzene rings is 1. The van der Waals surface area contributed by atoms with Crippen LogP contribution in [0.15, 0.2) is 30.3 Å². The number of likely N-dealkylation sites (N-methyl/N-ethyl adjacent to an activating group) is 1. The van der Waals surface area contributed by atoms with Gasteiger partial charge in [0.05, 0.1) is 12.6 Å². The molecule has 0 bridgehead atoms. The molecule has 22 heavy (non-hydrogen) atoms. The molecular weight excluding hydrogens is 276 g/mol. The third kappa shape index (κ3) is 4.31. The first-order valence-corrected chi connectivity index (χ1v) is 8.37. The molecule has 1 amide bonds. The highest BCUT2D eigenvalue weighted by Gasteiger charge is 2.30. The second-order valence-corrected chi connectivity index (χ2v) is 6.18. The maximum Gasteiger partial charge on any atom is 0.240 e. The Morgan fingerprint density at radius 2 is 1.91 bits per heavy atom. The smallest absolute Gasteiger partial charge is 0.240 e. The van der Waals surface area contributed by atoms with E-state index in [-0.39, 0.29) is 18.1 Å². The van der Waals surface area contributed by atoms with Gasteiger partial charge in [0, 0.05) is 18.8 Å². The standard InChI is InChI=1S/C18H28N2O2/c1-3-13-20(16-11-7-8-12-17(16)21)14-18(22)19(2)15-9-5-4-6-10-15/h4-6,9-10,16-17,21H,3,7-8,11-14H2,1-2H3/t16-,17-/m1/s1. The van der Waals surface area contributed by atoms with E-state index >= 15 is 0 Å². The zero-order chi connectivity index (χ0) is 15.9. The van der Waals surface area contributed by atoms with Crippen LogP contribution in [0.25, 0.3) is 0 Å². The average Bonchev–Trinajstić information content (AvgIpc) is 2.55. The summed E-state index contributed by atoms with van der Waals surface area (Å²) in [4.78, 5) is 16.5. The van der Waals surface area contributed by atoms with Gasteiger partial charge in [0.15, 0.2) is 0 Å². The van der Waals surface area contributed by atoms with Crippen molar-refractivity contribution in [2.75, 3.05) is 25.0 Å². The van der Waals surface area contributed by atoms with Crippen LogP contribution in [0, 0.1) is 0 Å². The molecule has 1 aliphatic rings. The SMILES string of the molecule is CCCN(CC(=O)N(C)c1ccccc1)[C@@H]1CCCC[C@H]1O. The van der Waals surface area contributed by atoms with Crippen LogP contribution < -0.4 is 4.90 Å². The van der Waals surface area contributed by atoms with Gasteiger partial charge < -0.3 is 10.0 Å². The lowest BCUT2D eigenvalue weighted by molar-refractivity contribution is -0.121. The minimum Gasteiger partial charge on any atom is -0.391 e. The maximum absolute atomic E-state index is 12.6. The third-order valence-electron chi connectivity index (χ3n) is 4.53. The third-order valence-corrected chi connectivity index (χ3v) is 4.53. The van der Waals surface area contributed by atoms with E-state index in [1.165, 1.54) is 0 Å². The second-order valence-electron chi connectivity index (χ2n) is 6.18. The Bertz CT molecular complexity index is 463. The monoisotopic (exact) mass is 304 g/mol. The zero-order valence-electron chi connectivity index (χ0n) is 13.7. The molecule has 4 heteroatoms. The van der Waals surface area contributed by atoms with Gasteiger partial charge in [0.25, 0.3) is 0 Å². The number of para-hydroxylation sites is 1. The summed E-state index contributed by atoms with van der Waals surface area (Å²) in [5.74, 6) is 0.0809. The molecule has 1 aromatic rings. The Hall–Kier alpha value is -1.39. The first kappa shape index (κ1) is 17.0. The van der Waals surface area contributed by atoms with Crippen LogP contribution in [0.1, 0.15) is 39.0 Å². The molecule has 0 aromatic heterocycles. The van der Waals surface area contributed by atoms with E-state index in [1.807, 2.05) is 37.4 Å². The summed E-state index contributed by atoms with van der Waals surface area (Å²) < 4.78 is 0. The number of aliphatic hydroxyl groups is 1. The van der Waals surface area contributed by atoms with Gasteiger partial charge in [-0.25, -0.2) is 0 Å². The Morgan fingerprint density at radius 1 is 1.23 bits per heavy atom. The van der Waals surface area contributed by atoms with E-state index in [4.69, 9.17) is 0 Å². The van der Waals surface area contributed by atoms with Crippen molar-refractivity contribution in [1.29, 1.82) is 0 Å². The van der Waals surface area contributed by atoms with Crippen LogP contribution in [-0.4, -0.2) is 48.2 Å². The van der Waals surface area contributed by atoms with Gasteiger partial charge in [-0.3, -0.25) is 9.69 Å². The molecule has 1 N–H and O–H groups in total. The minimum atomic E-state index is -0.296. The van der Waals surface area contributed by atoms with Crippen molar-refractivity contribution in [3.8, 4) is 0 Å². The van der Waals surface area contributed by atoms with Gasteiger partial charge in [-0.2, -0.15) is 0 Å². The van der Waals surface area contributed by atoms with Crippen molar-refractivity contribution in [1.82, 2.24) is 4.90 Å². The molecule has 0 saturated heterocycles. The van der Waals surface area contributed by atoms with Crippen LogP contribution >= 0.6 is 0 Å². The van der Waals surface area contributed by atoms with Crippen LogP contribution in [0.2, 0.25) is 0 Å². The Labute approximate surface area is 133 Å². The van der Waals surface area contributed by atoms with E-state index in [9.17, 15) is 9.90 Å². The summed E-state index contributed by atoms with van der Waals surface area (Å²) in [7, 11) is 1.82. The number of carbonyl (C=O) groups excluding carboxylic acids is 1. The largest absolute Gasteiger partial charge is 0.391 e. The molecule has 1 saturated carbocycles. The van der Waals surface area contributed by atoms with Crippen LogP contribution in [0.3, 0.4) is 0 Å². The number of hydrogen-bond donors (Lipinski definition) is 1. The maximum atomic E-state index is 12.6. The summed E-state index contributed by atoms with van der Waals surface area (Å²) in [5.41, 5.74) is 0.910. The first-order chi connectivity index (χ1) is 10.6. The van der Waals surface area contributed by atoms with E-state index in [0.717, 1.165) is 44.3 Å². The Balaban J connectivity index is 2.02. The van der Waals surface area contributed by atoms with Gasteiger partial charge >= 0.3 is 0 Å². The fraction of sp³-hybridized carbons (Fsp3) is 0.611. The number of hydrogen-bond acceptors (Lipinski definition) is 3. The van der Waals surface area contributed by atoms with Gasteiger partial charge in [0.1, 0.15) is 0 Å². The van der Waals surface area contributed by atoms with Crippen LogP contribution in [0.5, 0.6) is 0 Å². The van der Waals surface area contributed by atoms with Crippen LogP contribution in [0.4, 0.5) is 5.69 Å². The summed E-state index contributed by atoms with van der Waals surface area (Å²) in [5, 5.41) is 10.3. The van der Waals surface area contributed by atoms with Gasteiger partial charge in [0.2, 0.25) is 5.91 Å². The van der Waals surface area contributed by atoms with E-state index in [2.05, 4.69) is 11.8 Å². The molecule has 0 aliphatic heterocycles. The molecule has 0 radical (unpaired) electrons. The highest BCUT2D eigenvalue weighted by atomic mass is 16.3. The number of nitrogens with zero attached hydrogens (tertiary/aromatic N) is 2. The normalized spacial score (nSPS) is 21.8. The Kier molecular flexibility index (Phi) is 6.40. The van der Waals surface area contributed by atoms with Crippen molar-refractivity contribution in [3.63, 3.8) is 0 Å². The first-order valence-electron chi connectivity index (χ1n) is 8.37. The number of anilines is 1. The van der Waals surface area contributed by atoms with E-state index < -0.39 is 0 Å². The van der Waals surface area contributed by atoms with Crippen molar-refractivity contribution >= 4 is 11.6 Å². The Morgan fingerprint density at radius 3 is 2.55 bits per heavy atom. The quantitative estimate of drug-likeness (QED) is 0.879. The van der Waals surface area contributed by atoms with Crippen molar-refractivity contribution in [3.05, 3.63) is 30.3 Å². The summed E-state index contributed by atoms with van der Waals surface area (Å²) >= 11 is 0. The fourth-order valence-electron chi connectivity index (χ4n) is 3.24. The molecule has 2 rings (SSSR count). The molecule has 0 heterocycles. The number of amides is 1. The zero-order valence-corrected chi connectivity index (χ0v) is 13.7. The molecule has 0 spiro atoms.